The Morgan fingerprint density at radius 3 is 1.35 bits per heavy atom. The highest BCUT2D eigenvalue weighted by molar-refractivity contribution is 5.97. The molecule has 22 rings (SSSR count). The van der Waals surface area contributed by atoms with Crippen LogP contribution in [0.3, 0.4) is 0 Å². The highest BCUT2D eigenvalue weighted by Crippen LogP contribution is 2.72. The zero-order valence-electron chi connectivity index (χ0n) is 53.6. The van der Waals surface area contributed by atoms with E-state index in [1.807, 2.05) is 36.4 Å². The van der Waals surface area contributed by atoms with Crippen molar-refractivity contribution in [1.82, 2.24) is 24.7 Å². The molecule has 2 aromatic heterocycles. The number of nitrogens with one attached hydrogen (secondary N) is 2. The largest absolute Gasteiger partial charge is 0.504 e. The molecule has 20 heteroatoms. The van der Waals surface area contributed by atoms with Crippen LogP contribution in [0.15, 0.2) is 72.8 Å². The number of ether oxygens (including phenoxy) is 4. The van der Waals surface area contributed by atoms with Crippen LogP contribution in [0.2, 0.25) is 0 Å². The van der Waals surface area contributed by atoms with Gasteiger partial charge in [-0.15, -0.1) is 12.4 Å². The highest BCUT2D eigenvalue weighted by Gasteiger charge is 2.76. The van der Waals surface area contributed by atoms with Gasteiger partial charge >= 0.3 is 11.9 Å². The van der Waals surface area contributed by atoms with Gasteiger partial charge in [-0.05, 0) is 198 Å². The van der Waals surface area contributed by atoms with Crippen LogP contribution in [0.25, 0.3) is 21.8 Å². The number of carboxylic acids is 1. The van der Waals surface area contributed by atoms with E-state index in [2.05, 4.69) is 24.7 Å². The number of hydrogen-bond acceptors (Lipinski definition) is 16. The second-order valence-electron chi connectivity index (χ2n) is 31.1. The summed E-state index contributed by atoms with van der Waals surface area (Å²) in [6, 6.07) is 21.9. The minimum Gasteiger partial charge on any atom is -0.504 e. The maximum atomic E-state index is 12.9. The van der Waals surface area contributed by atoms with Crippen LogP contribution in [-0.4, -0.2) is 165 Å². The van der Waals surface area contributed by atoms with Crippen molar-refractivity contribution in [2.75, 3.05) is 45.9 Å². The summed E-state index contributed by atoms with van der Waals surface area (Å²) in [6.45, 7) is 7.96. The molecule has 19 nitrogen and oxygen atoms in total. The van der Waals surface area contributed by atoms with Gasteiger partial charge in [0.1, 0.15) is 0 Å². The lowest BCUT2D eigenvalue weighted by molar-refractivity contribution is -0.188. The molecule has 500 valence electrons. The number of likely N-dealkylation sites (tertiary alicyclic amines) is 3. The molecular weight excluding hydrogens is 1240 g/mol. The maximum Gasteiger partial charge on any atom is 0.338 e. The number of H-pyrrole nitrogens is 2. The van der Waals surface area contributed by atoms with Crippen LogP contribution in [0, 0.1) is 17.8 Å². The molecule has 4 saturated carbocycles. The fraction of sp³-hybridized carbons (Fsp3) is 0.513. The van der Waals surface area contributed by atoms with Gasteiger partial charge in [0.25, 0.3) is 0 Å². The fourth-order valence-corrected chi connectivity index (χ4v) is 22.0. The zero-order chi connectivity index (χ0) is 64.4. The van der Waals surface area contributed by atoms with Crippen molar-refractivity contribution in [2.24, 2.45) is 17.8 Å². The lowest BCUT2D eigenvalue weighted by atomic mass is 9.49. The molecular formula is C76H80ClN5O14. The normalized spacial score (nSPS) is 34.3. The second-order valence-corrected chi connectivity index (χ2v) is 31.1. The summed E-state index contributed by atoms with van der Waals surface area (Å²) in [6.07, 6.45) is 12.6. The van der Waals surface area contributed by atoms with E-state index in [4.69, 9.17) is 18.9 Å². The number of phenolic OH excluding ortho intramolecular Hbond substituents is 3. The number of carbonyl (C=O) groups excluding carboxylic acids is 2. The predicted molar refractivity (Wildman–Crippen MR) is 353 cm³/mol. The first-order valence-corrected chi connectivity index (χ1v) is 35.1. The molecule has 5 aromatic carbocycles. The van der Waals surface area contributed by atoms with Gasteiger partial charge in [0.15, 0.2) is 58.6 Å². The van der Waals surface area contributed by atoms with Crippen molar-refractivity contribution in [3.8, 4) is 34.5 Å². The van der Waals surface area contributed by atoms with E-state index in [0.29, 0.717) is 55.1 Å². The van der Waals surface area contributed by atoms with E-state index >= 15 is 0 Å². The number of Topliss-reactive ketones (excluding diaryl/α,β-unsaturated/α-hetero) is 1. The monoisotopic (exact) mass is 1320 g/mol. The maximum absolute atomic E-state index is 12.9. The number of esters is 1. The van der Waals surface area contributed by atoms with Gasteiger partial charge in [0, 0.05) is 95.5 Å². The Morgan fingerprint density at radius 1 is 0.542 bits per heavy atom. The molecule has 96 heavy (non-hydrogen) atoms. The quantitative estimate of drug-likeness (QED) is 0.0610. The number of aromatic nitrogens is 2. The molecule has 0 radical (unpaired) electrons. The number of benzene rings is 5. The molecule has 12 atom stereocenters. The molecule has 7 fully saturated rings. The van der Waals surface area contributed by atoms with Crippen LogP contribution in [-0.2, 0) is 57.9 Å². The van der Waals surface area contributed by atoms with Crippen LogP contribution in [0.1, 0.15) is 166 Å². The number of rotatable bonds is 9. The van der Waals surface area contributed by atoms with Gasteiger partial charge in [-0.1, -0.05) is 30.3 Å². The van der Waals surface area contributed by atoms with E-state index in [-0.39, 0.29) is 65.1 Å². The Kier molecular flexibility index (Phi) is 12.6. The van der Waals surface area contributed by atoms with Crippen molar-refractivity contribution in [1.29, 1.82) is 0 Å². The van der Waals surface area contributed by atoms with Gasteiger partial charge in [0.05, 0.1) is 62.2 Å². The van der Waals surface area contributed by atoms with E-state index in [0.717, 1.165) is 168 Å². The fourth-order valence-electron chi connectivity index (χ4n) is 22.0. The molecule has 3 saturated heterocycles. The van der Waals surface area contributed by atoms with Gasteiger partial charge in [-0.2, -0.15) is 0 Å². The third-order valence-electron chi connectivity index (χ3n) is 26.6. The van der Waals surface area contributed by atoms with Gasteiger partial charge in [-0.25, -0.2) is 9.59 Å². The second kappa shape index (κ2) is 20.2. The number of piperidine rings is 3. The van der Waals surface area contributed by atoms with E-state index in [9.17, 15) is 50.1 Å². The van der Waals surface area contributed by atoms with Crippen molar-refractivity contribution in [3.63, 3.8) is 0 Å². The summed E-state index contributed by atoms with van der Waals surface area (Å²) in [5.74, 6) is 2.84. The number of carbonyl (C=O) groups is 3. The summed E-state index contributed by atoms with van der Waals surface area (Å²) in [4.78, 5) is 51.3. The molecule has 0 unspecified atom stereocenters. The molecule has 15 aliphatic rings. The van der Waals surface area contributed by atoms with Gasteiger partial charge in [0.2, 0.25) is 0 Å². The van der Waals surface area contributed by atoms with Crippen LogP contribution >= 0.6 is 12.4 Å². The van der Waals surface area contributed by atoms with E-state index < -0.39 is 57.3 Å². The first-order chi connectivity index (χ1) is 45.9. The SMILES string of the molecule is CCOC(=O)c1ccc2c3c([nH]c2c1)[C@@H]1Oc2c(O)ccc4c2[C@@]12CCN(CC1CC1)[C@H](C4)[C@]2(O)C3.Cl.O=C(O)c1ccc2c3c([nH]c2c1)[C@@H]1Oc2c(O)ccc4c2[C@@]12CCN(CC1CC1)[C@H](C4)[C@]2(O)C3.O=C1CC[C@@]2(O)[C@H]3Cc4ccc(O)c5c4[C@@]2(CCN3CC2CC2)[C@H]1O5. The number of fused-ring (bicyclic) bond motifs is 8. The zero-order valence-corrected chi connectivity index (χ0v) is 54.4. The number of halogens is 1. The van der Waals surface area contributed by atoms with Crippen LogP contribution in [0.4, 0.5) is 0 Å². The molecule has 6 aliphatic heterocycles. The summed E-state index contributed by atoms with van der Waals surface area (Å²) in [5, 5.41) is 80.9. The minimum absolute atomic E-state index is 0. The van der Waals surface area contributed by atoms with Crippen LogP contribution < -0.4 is 14.2 Å². The first-order valence-electron chi connectivity index (χ1n) is 35.1. The summed E-state index contributed by atoms with van der Waals surface area (Å²) >= 11 is 0. The Balaban J connectivity index is 0.000000103. The minimum atomic E-state index is -1.04. The van der Waals surface area contributed by atoms with Crippen molar-refractivity contribution in [3.05, 3.63) is 140 Å². The average Bonchev–Trinajstić information content (AvgIpc) is 1.44. The van der Waals surface area contributed by atoms with Crippen molar-refractivity contribution >= 4 is 51.9 Å². The summed E-state index contributed by atoms with van der Waals surface area (Å²) < 4.78 is 24.4. The topological polar surface area (TPSA) is 271 Å². The molecule has 6 bridgehead atoms. The molecule has 8 heterocycles. The number of ketones is 1. The number of aromatic carboxylic acids is 1. The number of phenols is 3. The lowest BCUT2D eigenvalue weighted by Crippen LogP contribution is -2.76. The highest BCUT2D eigenvalue weighted by atomic mass is 35.5. The summed E-state index contributed by atoms with van der Waals surface area (Å²) in [5.41, 5.74) is 7.73. The number of hydrogen-bond donors (Lipinski definition) is 9. The number of nitrogens with zero attached hydrogens (tertiary/aromatic N) is 3. The van der Waals surface area contributed by atoms with Gasteiger partial charge in [-0.3, -0.25) is 19.5 Å². The molecule has 0 amide bonds. The standard InChI is InChI=1S/C29H30N2O5.C27H26N2O5.C20H23NO4.ClH/c1-2-35-27(33)17-5-7-18-19-13-29(34)22-12-16-6-8-21(32)25-23(16)28(29,9-10-31(22)14-15-3-4-15)26(36-25)24(19)30-20(18)11-17;30-19-6-4-14-10-20-27(33)11-17-16-5-3-15(25(31)32)9-18(16)28-22(17)24-26(27,21(14)23(19)34-24)7-8-29(20)12-13-1-2-13;22-13-4-3-12-9-15-20(24)6-5-14(23)18-19(20,16(12)17(13)25-18)7-8-21(15)10-11-1-2-11;/h5-8,11,15,22,26,30,32,34H,2-4,9-10,12-14H2,1H3;3-6,9,13,20,24,28,30,33H,1-2,7-8,10-12H2,(H,31,32);3-4,11,15,18,22,24H,1-2,5-10H2;1H/t22-,26+,28+,29-;20-,24+,26+,27-;15-,18+,19+,20-;/m111./s1. The Labute approximate surface area is 560 Å². The van der Waals surface area contributed by atoms with Crippen LogP contribution in [0.5, 0.6) is 34.5 Å². The Hall–Kier alpha value is -7.36. The Morgan fingerprint density at radius 2 is 0.938 bits per heavy atom. The lowest BCUT2D eigenvalue weighted by Gasteiger charge is -2.62. The van der Waals surface area contributed by atoms with E-state index in [1.165, 1.54) is 44.1 Å². The molecule has 7 aromatic rings. The first kappa shape index (κ1) is 59.9. The molecule has 9 N–H and O–H groups in total. The third-order valence-corrected chi connectivity index (χ3v) is 26.6. The number of carboxylic acid groups (broad SMARTS) is 1. The predicted octanol–water partition coefficient (Wildman–Crippen LogP) is 8.97. The smallest absolute Gasteiger partial charge is 0.338 e. The Bertz CT molecular complexity index is 4580. The number of aliphatic hydroxyl groups is 3. The summed E-state index contributed by atoms with van der Waals surface area (Å²) in [7, 11) is 0. The average molecular weight is 1320 g/mol. The van der Waals surface area contributed by atoms with Crippen molar-refractivity contribution in [2.45, 2.75) is 179 Å². The van der Waals surface area contributed by atoms with Gasteiger partial charge < -0.3 is 64.7 Å². The third kappa shape index (κ3) is 7.63. The van der Waals surface area contributed by atoms with Crippen molar-refractivity contribution < 1.29 is 69.1 Å². The molecule has 3 spiro atoms. The van der Waals surface area contributed by atoms with E-state index in [1.54, 1.807) is 43.3 Å². The number of aromatic amines is 2. The number of aromatic hydroxyl groups is 3. The molecule has 9 aliphatic carbocycles.